The number of carbonyl (C=O) groups is 2. The molecule has 1 saturated carbocycles. The molecule has 0 aromatic rings. The summed E-state index contributed by atoms with van der Waals surface area (Å²) in [4.78, 5) is 23.2. The van der Waals surface area contributed by atoms with Crippen molar-refractivity contribution in [3.63, 3.8) is 0 Å². The van der Waals surface area contributed by atoms with Crippen LogP contribution in [-0.2, 0) is 9.59 Å². The lowest BCUT2D eigenvalue weighted by Gasteiger charge is -2.46. The van der Waals surface area contributed by atoms with Crippen molar-refractivity contribution in [2.24, 2.45) is 23.0 Å². The van der Waals surface area contributed by atoms with E-state index in [1.807, 2.05) is 20.8 Å². The van der Waals surface area contributed by atoms with Gasteiger partial charge < -0.3 is 16.2 Å². The van der Waals surface area contributed by atoms with Crippen LogP contribution >= 0.6 is 0 Å². The minimum atomic E-state index is -0.909. The molecule has 1 amide bonds. The normalized spacial score (nSPS) is 30.7. The lowest BCUT2D eigenvalue weighted by molar-refractivity contribution is -0.150. The van der Waals surface area contributed by atoms with Gasteiger partial charge in [-0.3, -0.25) is 9.59 Å². The molecule has 4 N–H and O–H groups in total. The number of hydrogen-bond acceptors (Lipinski definition) is 3. The predicted molar refractivity (Wildman–Crippen MR) is 73.5 cm³/mol. The predicted octanol–water partition coefficient (Wildman–Crippen LogP) is 1.37. The number of rotatable bonds is 3. The molecule has 110 valence electrons. The first-order valence-corrected chi connectivity index (χ1v) is 6.80. The Labute approximate surface area is 114 Å². The van der Waals surface area contributed by atoms with E-state index in [0.717, 1.165) is 0 Å². The van der Waals surface area contributed by atoms with Crippen LogP contribution in [0.2, 0.25) is 0 Å². The Morgan fingerprint density at radius 3 is 2.26 bits per heavy atom. The summed E-state index contributed by atoms with van der Waals surface area (Å²) in [7, 11) is 0. The molecule has 1 aliphatic carbocycles. The third kappa shape index (κ3) is 3.26. The van der Waals surface area contributed by atoms with E-state index >= 15 is 0 Å². The van der Waals surface area contributed by atoms with Gasteiger partial charge in [-0.1, -0.05) is 20.8 Å². The van der Waals surface area contributed by atoms with Crippen LogP contribution in [0, 0.1) is 17.3 Å². The molecule has 1 aliphatic rings. The van der Waals surface area contributed by atoms with Crippen molar-refractivity contribution < 1.29 is 14.7 Å². The average Bonchev–Trinajstić information content (AvgIpc) is 2.22. The van der Waals surface area contributed by atoms with Gasteiger partial charge >= 0.3 is 5.97 Å². The first-order valence-electron chi connectivity index (χ1n) is 6.80. The van der Waals surface area contributed by atoms with E-state index < -0.39 is 11.5 Å². The monoisotopic (exact) mass is 270 g/mol. The van der Waals surface area contributed by atoms with Crippen LogP contribution in [0.3, 0.4) is 0 Å². The van der Waals surface area contributed by atoms with Crippen LogP contribution in [0.1, 0.15) is 47.5 Å². The summed E-state index contributed by atoms with van der Waals surface area (Å²) < 4.78 is 0. The third-order valence-electron chi connectivity index (χ3n) is 4.64. The lowest BCUT2D eigenvalue weighted by Crippen LogP contribution is -2.57. The van der Waals surface area contributed by atoms with Crippen LogP contribution in [0.25, 0.3) is 0 Å². The Morgan fingerprint density at radius 1 is 1.32 bits per heavy atom. The third-order valence-corrected chi connectivity index (χ3v) is 4.64. The van der Waals surface area contributed by atoms with Crippen LogP contribution < -0.4 is 11.1 Å². The van der Waals surface area contributed by atoms with E-state index in [1.54, 1.807) is 13.8 Å². The number of nitrogens with two attached hydrogens (primary N) is 1. The maximum Gasteiger partial charge on any atom is 0.307 e. The largest absolute Gasteiger partial charge is 0.481 e. The van der Waals surface area contributed by atoms with Crippen molar-refractivity contribution in [2.45, 2.75) is 59.0 Å². The van der Waals surface area contributed by atoms with Gasteiger partial charge in [-0.05, 0) is 38.0 Å². The summed E-state index contributed by atoms with van der Waals surface area (Å²) in [6.45, 7) is 9.26. The molecule has 0 aromatic heterocycles. The number of carboxylic acid groups (broad SMARTS) is 1. The number of nitrogens with one attached hydrogen (secondary N) is 1. The molecule has 1 rings (SSSR count). The standard InChI is InChI=1S/C14H26N2O3/c1-8-10(16-12(19)14(4,5)15)7-6-9(11(17)18)13(8,2)3/h8-10H,6-7,15H2,1-5H3,(H,16,19)(H,17,18). The van der Waals surface area contributed by atoms with Crippen molar-refractivity contribution in [3.8, 4) is 0 Å². The molecule has 19 heavy (non-hydrogen) atoms. The van der Waals surface area contributed by atoms with E-state index in [-0.39, 0.29) is 29.2 Å². The summed E-state index contributed by atoms with van der Waals surface area (Å²) in [5, 5.41) is 12.2. The molecular formula is C14H26N2O3. The molecule has 1 fully saturated rings. The Kier molecular flexibility index (Phi) is 4.30. The molecule has 0 spiro atoms. The Bertz CT molecular complexity index is 371. The molecular weight excluding hydrogens is 244 g/mol. The molecule has 0 radical (unpaired) electrons. The molecule has 0 aliphatic heterocycles. The van der Waals surface area contributed by atoms with Gasteiger partial charge in [0.25, 0.3) is 0 Å². The second-order valence-corrected chi connectivity index (χ2v) is 6.88. The van der Waals surface area contributed by atoms with Gasteiger partial charge in [-0.25, -0.2) is 0 Å². The van der Waals surface area contributed by atoms with E-state index in [2.05, 4.69) is 5.32 Å². The Balaban J connectivity index is 2.81. The number of hydrogen-bond donors (Lipinski definition) is 3. The Morgan fingerprint density at radius 2 is 1.84 bits per heavy atom. The summed E-state index contributed by atoms with van der Waals surface area (Å²) in [6.07, 6.45) is 1.27. The van der Waals surface area contributed by atoms with Gasteiger partial charge in [0.05, 0.1) is 11.5 Å². The van der Waals surface area contributed by atoms with Crippen LogP contribution in [0.5, 0.6) is 0 Å². The first-order chi connectivity index (χ1) is 8.48. The smallest absolute Gasteiger partial charge is 0.307 e. The second-order valence-electron chi connectivity index (χ2n) is 6.88. The second kappa shape index (κ2) is 5.12. The van der Waals surface area contributed by atoms with Gasteiger partial charge in [-0.2, -0.15) is 0 Å². The number of carbonyl (C=O) groups excluding carboxylic acids is 1. The van der Waals surface area contributed by atoms with Crippen molar-refractivity contribution in [1.82, 2.24) is 5.32 Å². The van der Waals surface area contributed by atoms with Crippen molar-refractivity contribution in [1.29, 1.82) is 0 Å². The van der Waals surface area contributed by atoms with Gasteiger partial charge in [0.1, 0.15) is 0 Å². The first kappa shape index (κ1) is 16.0. The highest BCUT2D eigenvalue weighted by Gasteiger charge is 2.47. The van der Waals surface area contributed by atoms with Gasteiger partial charge in [-0.15, -0.1) is 0 Å². The average molecular weight is 270 g/mol. The van der Waals surface area contributed by atoms with E-state index in [4.69, 9.17) is 5.73 Å². The van der Waals surface area contributed by atoms with E-state index in [1.165, 1.54) is 0 Å². The molecule has 0 saturated heterocycles. The number of carboxylic acids is 1. The van der Waals surface area contributed by atoms with Crippen LogP contribution in [-0.4, -0.2) is 28.6 Å². The van der Waals surface area contributed by atoms with Crippen LogP contribution in [0.15, 0.2) is 0 Å². The maximum absolute atomic E-state index is 12.0. The molecule has 0 aromatic carbocycles. The zero-order valence-electron chi connectivity index (χ0n) is 12.5. The fraction of sp³-hybridized carbons (Fsp3) is 0.857. The molecule has 3 unspecified atom stereocenters. The zero-order chi connectivity index (χ0) is 15.0. The highest BCUT2D eigenvalue weighted by atomic mass is 16.4. The summed E-state index contributed by atoms with van der Waals surface area (Å²) in [6, 6.07) is -0.0130. The van der Waals surface area contributed by atoms with Crippen molar-refractivity contribution in [3.05, 3.63) is 0 Å². The number of aliphatic carboxylic acids is 1. The highest BCUT2D eigenvalue weighted by molar-refractivity contribution is 5.85. The van der Waals surface area contributed by atoms with Crippen LogP contribution in [0.4, 0.5) is 0 Å². The van der Waals surface area contributed by atoms with Gasteiger partial charge in [0, 0.05) is 6.04 Å². The Hall–Kier alpha value is -1.10. The van der Waals surface area contributed by atoms with Gasteiger partial charge in [0.15, 0.2) is 0 Å². The SMILES string of the molecule is CC1C(NC(=O)C(C)(C)N)CCC(C(=O)O)C1(C)C. The fourth-order valence-corrected chi connectivity index (χ4v) is 2.80. The lowest BCUT2D eigenvalue weighted by atomic mass is 9.61. The maximum atomic E-state index is 12.0. The summed E-state index contributed by atoms with van der Waals surface area (Å²) in [5.74, 6) is -1.20. The van der Waals surface area contributed by atoms with Gasteiger partial charge in [0.2, 0.25) is 5.91 Å². The highest BCUT2D eigenvalue weighted by Crippen LogP contribution is 2.45. The van der Waals surface area contributed by atoms with E-state index in [9.17, 15) is 14.7 Å². The molecule has 0 bridgehead atoms. The van der Waals surface area contributed by atoms with Crippen molar-refractivity contribution in [2.75, 3.05) is 0 Å². The summed E-state index contributed by atoms with van der Waals surface area (Å²) >= 11 is 0. The molecule has 5 heteroatoms. The molecule has 0 heterocycles. The quantitative estimate of drug-likeness (QED) is 0.722. The molecule has 3 atom stereocenters. The zero-order valence-corrected chi connectivity index (χ0v) is 12.5. The summed E-state index contributed by atoms with van der Waals surface area (Å²) in [5.41, 5.74) is 4.52. The topological polar surface area (TPSA) is 92.4 Å². The number of amides is 1. The minimum Gasteiger partial charge on any atom is -0.481 e. The molecule has 5 nitrogen and oxygen atoms in total. The minimum absolute atomic E-state index is 0.0130. The fourth-order valence-electron chi connectivity index (χ4n) is 2.80. The van der Waals surface area contributed by atoms with Crippen molar-refractivity contribution >= 4 is 11.9 Å². The van der Waals surface area contributed by atoms with E-state index in [0.29, 0.717) is 12.8 Å².